The van der Waals surface area contributed by atoms with Crippen LogP contribution in [0.15, 0.2) is 16.7 Å². The summed E-state index contributed by atoms with van der Waals surface area (Å²) in [6.07, 6.45) is 4.15. The fourth-order valence-corrected chi connectivity index (χ4v) is 2.89. The van der Waals surface area contributed by atoms with Crippen molar-refractivity contribution in [1.29, 1.82) is 0 Å². The van der Waals surface area contributed by atoms with E-state index in [0.29, 0.717) is 10.8 Å². The molecule has 1 aromatic rings. The summed E-state index contributed by atoms with van der Waals surface area (Å²) >= 11 is 9.34. The Labute approximate surface area is 126 Å². The molecule has 0 saturated carbocycles. The number of aromatic nitrogens is 1. The van der Waals surface area contributed by atoms with E-state index in [2.05, 4.69) is 38.5 Å². The Morgan fingerprint density at radius 1 is 1.58 bits per heavy atom. The average Bonchev–Trinajstić information content (AvgIpc) is 2.43. The molecule has 6 heteroatoms. The third kappa shape index (κ3) is 3.27. The van der Waals surface area contributed by atoms with Gasteiger partial charge in [0.25, 0.3) is 0 Å². The van der Waals surface area contributed by atoms with E-state index in [0.717, 1.165) is 36.8 Å². The maximum absolute atomic E-state index is 12.5. The molecule has 2 heterocycles. The SMILES string of the molecule is CCC1(C(=O)Nc2cc(Br)cnc2Cl)CCNCC1. The van der Waals surface area contributed by atoms with Crippen molar-refractivity contribution in [2.75, 3.05) is 18.4 Å². The molecule has 0 aromatic carbocycles. The van der Waals surface area contributed by atoms with Crippen LogP contribution in [0.1, 0.15) is 26.2 Å². The summed E-state index contributed by atoms with van der Waals surface area (Å²) in [7, 11) is 0. The first-order valence-corrected chi connectivity index (χ1v) is 7.58. The van der Waals surface area contributed by atoms with Gasteiger partial charge in [-0.1, -0.05) is 18.5 Å². The van der Waals surface area contributed by atoms with Crippen molar-refractivity contribution >= 4 is 39.1 Å². The molecule has 1 aliphatic heterocycles. The van der Waals surface area contributed by atoms with Gasteiger partial charge in [0.2, 0.25) is 5.91 Å². The van der Waals surface area contributed by atoms with Crippen LogP contribution in [0.2, 0.25) is 5.15 Å². The molecule has 0 spiro atoms. The van der Waals surface area contributed by atoms with Gasteiger partial charge in [0.15, 0.2) is 5.15 Å². The first kappa shape index (κ1) is 14.8. The predicted octanol–water partition coefficient (Wildman–Crippen LogP) is 3.22. The lowest BCUT2D eigenvalue weighted by molar-refractivity contribution is -0.127. The number of nitrogens with zero attached hydrogens (tertiary/aromatic N) is 1. The van der Waals surface area contributed by atoms with Crippen LogP contribution in [0.5, 0.6) is 0 Å². The normalized spacial score (nSPS) is 18.1. The van der Waals surface area contributed by atoms with Gasteiger partial charge in [0, 0.05) is 10.7 Å². The van der Waals surface area contributed by atoms with Crippen molar-refractivity contribution in [3.8, 4) is 0 Å². The van der Waals surface area contributed by atoms with E-state index in [1.54, 1.807) is 12.3 Å². The molecule has 2 N–H and O–H groups in total. The largest absolute Gasteiger partial charge is 0.323 e. The Balaban J connectivity index is 2.17. The minimum atomic E-state index is -0.295. The van der Waals surface area contributed by atoms with Crippen LogP contribution in [-0.2, 0) is 4.79 Å². The van der Waals surface area contributed by atoms with Crippen LogP contribution in [0.25, 0.3) is 0 Å². The van der Waals surface area contributed by atoms with Crippen molar-refractivity contribution in [1.82, 2.24) is 10.3 Å². The molecule has 0 bridgehead atoms. The van der Waals surface area contributed by atoms with Gasteiger partial charge in [0.1, 0.15) is 0 Å². The molecule has 1 aliphatic rings. The zero-order valence-electron chi connectivity index (χ0n) is 10.8. The zero-order chi connectivity index (χ0) is 13.9. The molecule has 0 radical (unpaired) electrons. The summed E-state index contributed by atoms with van der Waals surface area (Å²) in [6, 6.07) is 1.78. The second-order valence-corrected chi connectivity index (χ2v) is 6.10. The van der Waals surface area contributed by atoms with Gasteiger partial charge in [-0.25, -0.2) is 4.98 Å². The number of nitrogens with one attached hydrogen (secondary N) is 2. The van der Waals surface area contributed by atoms with E-state index >= 15 is 0 Å². The number of hydrogen-bond donors (Lipinski definition) is 2. The van der Waals surface area contributed by atoms with Crippen molar-refractivity contribution in [2.24, 2.45) is 5.41 Å². The monoisotopic (exact) mass is 345 g/mol. The fourth-order valence-electron chi connectivity index (χ4n) is 2.41. The summed E-state index contributed by atoms with van der Waals surface area (Å²) in [5.41, 5.74) is 0.268. The molecule has 1 aromatic heterocycles. The Hall–Kier alpha value is -0.650. The lowest BCUT2D eigenvalue weighted by atomic mass is 9.76. The predicted molar refractivity (Wildman–Crippen MR) is 80.4 cm³/mol. The molecule has 19 heavy (non-hydrogen) atoms. The van der Waals surface area contributed by atoms with Crippen molar-refractivity contribution in [2.45, 2.75) is 26.2 Å². The van der Waals surface area contributed by atoms with Crippen LogP contribution in [-0.4, -0.2) is 24.0 Å². The van der Waals surface area contributed by atoms with Crippen LogP contribution >= 0.6 is 27.5 Å². The Morgan fingerprint density at radius 2 is 2.26 bits per heavy atom. The van der Waals surface area contributed by atoms with Crippen molar-refractivity contribution in [3.63, 3.8) is 0 Å². The highest BCUT2D eigenvalue weighted by molar-refractivity contribution is 9.10. The van der Waals surface area contributed by atoms with Crippen LogP contribution in [0.4, 0.5) is 5.69 Å². The second kappa shape index (κ2) is 6.20. The molecule has 0 unspecified atom stereocenters. The number of rotatable bonds is 3. The number of anilines is 1. The van der Waals surface area contributed by atoms with Crippen LogP contribution in [0.3, 0.4) is 0 Å². The van der Waals surface area contributed by atoms with E-state index in [-0.39, 0.29) is 11.3 Å². The van der Waals surface area contributed by atoms with Crippen LogP contribution in [0, 0.1) is 5.41 Å². The molecule has 0 aliphatic carbocycles. The third-order valence-corrected chi connectivity index (χ3v) is 4.51. The average molecular weight is 347 g/mol. The zero-order valence-corrected chi connectivity index (χ0v) is 13.1. The molecule has 1 amide bonds. The Bertz CT molecular complexity index is 475. The Morgan fingerprint density at radius 3 is 2.89 bits per heavy atom. The highest BCUT2D eigenvalue weighted by atomic mass is 79.9. The van der Waals surface area contributed by atoms with Crippen molar-refractivity contribution in [3.05, 3.63) is 21.9 Å². The van der Waals surface area contributed by atoms with Gasteiger partial charge in [0.05, 0.1) is 11.1 Å². The van der Waals surface area contributed by atoms with E-state index in [1.165, 1.54) is 0 Å². The Kier molecular flexibility index (Phi) is 4.81. The summed E-state index contributed by atoms with van der Waals surface area (Å²) in [5.74, 6) is 0.0401. The minimum Gasteiger partial charge on any atom is -0.323 e. The lowest BCUT2D eigenvalue weighted by Gasteiger charge is -2.35. The van der Waals surface area contributed by atoms with Crippen molar-refractivity contribution < 1.29 is 4.79 Å². The lowest BCUT2D eigenvalue weighted by Crippen LogP contribution is -2.44. The fraction of sp³-hybridized carbons (Fsp3) is 0.538. The molecule has 1 saturated heterocycles. The van der Waals surface area contributed by atoms with E-state index in [4.69, 9.17) is 11.6 Å². The number of pyridine rings is 1. The first-order chi connectivity index (χ1) is 9.07. The summed E-state index contributed by atoms with van der Waals surface area (Å²) in [6.45, 7) is 3.82. The molecule has 2 rings (SSSR count). The standard InChI is InChI=1S/C13H17BrClN3O/c1-2-13(3-5-16-6-4-13)12(19)18-10-7-9(14)8-17-11(10)15/h7-8,16H,2-6H2,1H3,(H,18,19). The topological polar surface area (TPSA) is 54.0 Å². The van der Waals surface area contributed by atoms with Gasteiger partial charge in [-0.05, 0) is 54.3 Å². The molecule has 104 valence electrons. The third-order valence-electron chi connectivity index (χ3n) is 3.77. The number of halogens is 2. The summed E-state index contributed by atoms with van der Waals surface area (Å²) in [5, 5.41) is 6.52. The number of carbonyl (C=O) groups is 1. The summed E-state index contributed by atoms with van der Waals surface area (Å²) < 4.78 is 0.794. The van der Waals surface area contributed by atoms with Crippen LogP contribution < -0.4 is 10.6 Å². The summed E-state index contributed by atoms with van der Waals surface area (Å²) in [4.78, 5) is 16.6. The molecule has 1 fully saturated rings. The second-order valence-electron chi connectivity index (χ2n) is 4.83. The molecule has 4 nitrogen and oxygen atoms in total. The maximum Gasteiger partial charge on any atom is 0.230 e. The molecular weight excluding hydrogens is 330 g/mol. The number of amides is 1. The number of hydrogen-bond acceptors (Lipinski definition) is 3. The molecule has 0 atom stereocenters. The highest BCUT2D eigenvalue weighted by Gasteiger charge is 2.37. The van der Waals surface area contributed by atoms with E-state index in [1.807, 2.05) is 0 Å². The maximum atomic E-state index is 12.5. The highest BCUT2D eigenvalue weighted by Crippen LogP contribution is 2.35. The molecular formula is C13H17BrClN3O. The minimum absolute atomic E-state index is 0.0401. The smallest absolute Gasteiger partial charge is 0.230 e. The number of carbonyl (C=O) groups excluding carboxylic acids is 1. The van der Waals surface area contributed by atoms with Gasteiger partial charge < -0.3 is 10.6 Å². The number of piperidine rings is 1. The van der Waals surface area contributed by atoms with Gasteiger partial charge >= 0.3 is 0 Å². The van der Waals surface area contributed by atoms with E-state index < -0.39 is 0 Å². The quantitative estimate of drug-likeness (QED) is 0.826. The first-order valence-electron chi connectivity index (χ1n) is 6.40. The van der Waals surface area contributed by atoms with Gasteiger partial charge in [-0.15, -0.1) is 0 Å². The van der Waals surface area contributed by atoms with Gasteiger partial charge in [-0.3, -0.25) is 4.79 Å². The van der Waals surface area contributed by atoms with E-state index in [9.17, 15) is 4.79 Å². The van der Waals surface area contributed by atoms with Gasteiger partial charge in [-0.2, -0.15) is 0 Å².